The van der Waals surface area contributed by atoms with Gasteiger partial charge >= 0.3 is 0 Å². The summed E-state index contributed by atoms with van der Waals surface area (Å²) in [6, 6.07) is 6.37. The fourth-order valence-corrected chi connectivity index (χ4v) is 4.07. The van der Waals surface area contributed by atoms with E-state index in [1.807, 2.05) is 0 Å². The number of hydrogen-bond acceptors (Lipinski definition) is 3. The van der Waals surface area contributed by atoms with Crippen LogP contribution in [0.3, 0.4) is 0 Å². The summed E-state index contributed by atoms with van der Waals surface area (Å²) in [5.74, 6) is 0. The molecule has 0 saturated carbocycles. The van der Waals surface area contributed by atoms with Crippen LogP contribution in [0, 0.1) is 7.14 Å². The Bertz CT molecular complexity index is 481. The van der Waals surface area contributed by atoms with Gasteiger partial charge in [-0.1, -0.05) is 11.6 Å². The highest BCUT2D eigenvalue weighted by molar-refractivity contribution is 14.1. The maximum Gasteiger partial charge on any atom is 0.183 e. The summed E-state index contributed by atoms with van der Waals surface area (Å²) >= 11 is 11.9. The van der Waals surface area contributed by atoms with Crippen LogP contribution in [0.5, 0.6) is 0 Å². The van der Waals surface area contributed by atoms with E-state index in [2.05, 4.69) is 73.7 Å². The highest BCUT2D eigenvalue weighted by Gasteiger charge is 2.01. The first kappa shape index (κ1) is 12.8. The van der Waals surface area contributed by atoms with Gasteiger partial charge in [-0.2, -0.15) is 0 Å². The van der Waals surface area contributed by atoms with Gasteiger partial charge in [0.15, 0.2) is 4.47 Å². The summed E-state index contributed by atoms with van der Waals surface area (Å²) in [7, 11) is 0. The lowest BCUT2D eigenvalue weighted by molar-refractivity contribution is 1.17. The number of benzene rings is 1. The Morgan fingerprint density at radius 1 is 1.25 bits per heavy atom. The second-order valence-corrected chi connectivity index (χ2v) is 7.28. The SMILES string of the molecule is Clc1ncc(CNc2cc(I)cc(I)c2)s1. The summed E-state index contributed by atoms with van der Waals surface area (Å²) in [4.78, 5) is 5.14. The van der Waals surface area contributed by atoms with Crippen LogP contribution in [0.1, 0.15) is 4.88 Å². The molecule has 0 aliphatic heterocycles. The van der Waals surface area contributed by atoms with E-state index < -0.39 is 0 Å². The molecular formula is C10H7ClI2N2S. The maximum absolute atomic E-state index is 5.77. The van der Waals surface area contributed by atoms with E-state index in [0.717, 1.165) is 17.1 Å². The van der Waals surface area contributed by atoms with E-state index in [9.17, 15) is 0 Å². The van der Waals surface area contributed by atoms with Crippen LogP contribution in [0.2, 0.25) is 4.47 Å². The molecule has 1 aromatic heterocycles. The molecule has 0 fully saturated rings. The number of hydrogen-bond donors (Lipinski definition) is 1. The Morgan fingerprint density at radius 3 is 2.50 bits per heavy atom. The van der Waals surface area contributed by atoms with Crippen molar-refractivity contribution >= 4 is 73.8 Å². The van der Waals surface area contributed by atoms with Crippen molar-refractivity contribution in [2.75, 3.05) is 5.32 Å². The molecule has 0 unspecified atom stereocenters. The number of halogens is 3. The Hall–Kier alpha value is 0.400. The molecule has 2 rings (SSSR count). The molecule has 0 amide bonds. The summed E-state index contributed by atoms with van der Waals surface area (Å²) in [5.41, 5.74) is 1.13. The zero-order chi connectivity index (χ0) is 11.5. The minimum atomic E-state index is 0.592. The molecule has 0 radical (unpaired) electrons. The number of nitrogens with zero attached hydrogens (tertiary/aromatic N) is 1. The standard InChI is InChI=1S/C10H7ClI2N2S/c11-10-15-5-9(16-10)4-14-8-2-6(12)1-7(13)3-8/h1-3,5,14H,4H2. The van der Waals surface area contributed by atoms with E-state index in [4.69, 9.17) is 11.6 Å². The lowest BCUT2D eigenvalue weighted by Crippen LogP contribution is -1.98. The van der Waals surface area contributed by atoms with Crippen LogP contribution in [0.25, 0.3) is 0 Å². The zero-order valence-electron chi connectivity index (χ0n) is 8.01. The van der Waals surface area contributed by atoms with E-state index in [0.29, 0.717) is 4.47 Å². The van der Waals surface area contributed by atoms with Crippen LogP contribution >= 0.6 is 68.1 Å². The van der Waals surface area contributed by atoms with Gasteiger partial charge in [0.25, 0.3) is 0 Å². The average molecular weight is 477 g/mol. The topological polar surface area (TPSA) is 24.9 Å². The summed E-state index contributed by atoms with van der Waals surface area (Å²) in [6.07, 6.45) is 1.80. The minimum absolute atomic E-state index is 0.592. The third-order valence-electron chi connectivity index (χ3n) is 1.85. The fraction of sp³-hybridized carbons (Fsp3) is 0.100. The highest BCUT2D eigenvalue weighted by atomic mass is 127. The van der Waals surface area contributed by atoms with Crippen molar-refractivity contribution in [1.82, 2.24) is 4.98 Å². The Morgan fingerprint density at radius 2 is 1.94 bits per heavy atom. The van der Waals surface area contributed by atoms with E-state index >= 15 is 0 Å². The molecule has 0 saturated heterocycles. The smallest absolute Gasteiger partial charge is 0.183 e. The lowest BCUT2D eigenvalue weighted by Gasteiger charge is -2.05. The number of anilines is 1. The van der Waals surface area contributed by atoms with Gasteiger partial charge in [0.2, 0.25) is 0 Å². The molecule has 16 heavy (non-hydrogen) atoms. The molecule has 84 valence electrons. The van der Waals surface area contributed by atoms with Crippen LogP contribution < -0.4 is 5.32 Å². The zero-order valence-corrected chi connectivity index (χ0v) is 13.9. The molecule has 0 atom stereocenters. The van der Waals surface area contributed by atoms with Crippen molar-refractivity contribution in [2.45, 2.75) is 6.54 Å². The molecule has 1 aromatic carbocycles. The van der Waals surface area contributed by atoms with Gasteiger partial charge in [0, 0.05) is 23.9 Å². The van der Waals surface area contributed by atoms with Gasteiger partial charge in [0.1, 0.15) is 0 Å². The Labute approximate surface area is 130 Å². The van der Waals surface area contributed by atoms with Crippen LogP contribution in [-0.2, 0) is 6.54 Å². The van der Waals surface area contributed by atoms with Crippen molar-refractivity contribution in [2.24, 2.45) is 0 Å². The largest absolute Gasteiger partial charge is 0.380 e. The van der Waals surface area contributed by atoms with Crippen molar-refractivity contribution in [3.05, 3.63) is 40.9 Å². The molecule has 2 nitrogen and oxygen atoms in total. The molecule has 0 bridgehead atoms. The van der Waals surface area contributed by atoms with E-state index in [1.165, 1.54) is 18.5 Å². The second-order valence-electron chi connectivity index (χ2n) is 3.09. The van der Waals surface area contributed by atoms with Gasteiger partial charge in [-0.25, -0.2) is 4.98 Å². The number of rotatable bonds is 3. The molecule has 0 spiro atoms. The second kappa shape index (κ2) is 5.83. The lowest BCUT2D eigenvalue weighted by atomic mass is 10.3. The predicted octanol–water partition coefficient (Wildman–Crippen LogP) is 4.62. The third-order valence-corrected chi connectivity index (χ3v) is 4.22. The summed E-state index contributed by atoms with van der Waals surface area (Å²) in [5, 5.41) is 3.36. The first-order chi connectivity index (χ1) is 7.63. The van der Waals surface area contributed by atoms with Gasteiger partial charge < -0.3 is 5.32 Å². The first-order valence-corrected chi connectivity index (χ1v) is 7.79. The molecule has 0 aliphatic rings. The van der Waals surface area contributed by atoms with Crippen molar-refractivity contribution in [3.8, 4) is 0 Å². The Balaban J connectivity index is 2.04. The number of nitrogens with one attached hydrogen (secondary N) is 1. The monoisotopic (exact) mass is 476 g/mol. The maximum atomic E-state index is 5.77. The molecule has 1 heterocycles. The molecule has 0 aliphatic carbocycles. The van der Waals surface area contributed by atoms with Gasteiger partial charge in [-0.05, 0) is 63.4 Å². The van der Waals surface area contributed by atoms with E-state index in [1.54, 1.807) is 6.20 Å². The van der Waals surface area contributed by atoms with Gasteiger partial charge in [0.05, 0.1) is 6.54 Å². The van der Waals surface area contributed by atoms with Crippen molar-refractivity contribution < 1.29 is 0 Å². The first-order valence-electron chi connectivity index (χ1n) is 4.43. The molecule has 6 heteroatoms. The van der Waals surface area contributed by atoms with Gasteiger partial charge in [-0.3, -0.25) is 0 Å². The fourth-order valence-electron chi connectivity index (χ4n) is 1.21. The number of aromatic nitrogens is 1. The third kappa shape index (κ3) is 3.71. The van der Waals surface area contributed by atoms with Crippen LogP contribution in [0.4, 0.5) is 5.69 Å². The number of thiazole rings is 1. The Kier molecular flexibility index (Phi) is 4.68. The molecular weight excluding hydrogens is 469 g/mol. The summed E-state index contributed by atoms with van der Waals surface area (Å²) in [6.45, 7) is 0.764. The van der Waals surface area contributed by atoms with Gasteiger partial charge in [-0.15, -0.1) is 11.3 Å². The molecule has 2 aromatic rings. The highest BCUT2D eigenvalue weighted by Crippen LogP contribution is 2.21. The normalized spacial score (nSPS) is 10.4. The molecule has 1 N–H and O–H groups in total. The quantitative estimate of drug-likeness (QED) is 0.655. The average Bonchev–Trinajstić information content (AvgIpc) is 2.60. The van der Waals surface area contributed by atoms with Crippen molar-refractivity contribution in [3.63, 3.8) is 0 Å². The van der Waals surface area contributed by atoms with E-state index in [-0.39, 0.29) is 0 Å². The van der Waals surface area contributed by atoms with Crippen LogP contribution in [0.15, 0.2) is 24.4 Å². The summed E-state index contributed by atoms with van der Waals surface area (Å²) < 4.78 is 3.05. The van der Waals surface area contributed by atoms with Crippen LogP contribution in [-0.4, -0.2) is 4.98 Å². The predicted molar refractivity (Wildman–Crippen MR) is 86.3 cm³/mol. The van der Waals surface area contributed by atoms with Crippen molar-refractivity contribution in [1.29, 1.82) is 0 Å². The minimum Gasteiger partial charge on any atom is -0.380 e.